The molecular weight excluding hydrogens is 302 g/mol. The minimum absolute atomic E-state index is 0.0331. The smallest absolute Gasteiger partial charge is 0.223 e. The van der Waals surface area contributed by atoms with E-state index in [4.69, 9.17) is 0 Å². The van der Waals surface area contributed by atoms with Gasteiger partial charge < -0.3 is 15.5 Å². The van der Waals surface area contributed by atoms with Crippen molar-refractivity contribution in [3.63, 3.8) is 0 Å². The molecule has 1 saturated carbocycles. The van der Waals surface area contributed by atoms with Crippen LogP contribution in [0.5, 0.6) is 0 Å². The lowest BCUT2D eigenvalue weighted by Gasteiger charge is -2.37. The molecule has 0 heterocycles. The van der Waals surface area contributed by atoms with E-state index in [-0.39, 0.29) is 18.4 Å². The summed E-state index contributed by atoms with van der Waals surface area (Å²) in [5, 5.41) is 23.0. The molecule has 4 nitrogen and oxygen atoms in total. The molecule has 1 aromatic rings. The van der Waals surface area contributed by atoms with Crippen molar-refractivity contribution in [1.29, 1.82) is 0 Å². The number of hydrogen-bond acceptors (Lipinski definition) is 3. The minimum atomic E-state index is -0.904. The lowest BCUT2D eigenvalue weighted by atomic mass is 9.69. The summed E-state index contributed by atoms with van der Waals surface area (Å²) in [5.74, 6) is 1.30. The first-order valence-electron chi connectivity index (χ1n) is 9.08. The number of carbonyl (C=O) groups is 1. The predicted octanol–water partition coefficient (Wildman–Crippen LogP) is 2.91. The number of nitrogens with one attached hydrogen (secondary N) is 1. The lowest BCUT2D eigenvalue weighted by molar-refractivity contribution is -0.131. The van der Waals surface area contributed by atoms with E-state index in [9.17, 15) is 15.0 Å². The summed E-state index contributed by atoms with van der Waals surface area (Å²) in [5.41, 5.74) is 0.703. The zero-order valence-electron chi connectivity index (χ0n) is 15.0. The van der Waals surface area contributed by atoms with Crippen LogP contribution in [0.1, 0.15) is 51.7 Å². The Balaban J connectivity index is 2.07. The molecule has 1 fully saturated rings. The molecule has 0 radical (unpaired) electrons. The fourth-order valence-corrected chi connectivity index (χ4v) is 3.90. The van der Waals surface area contributed by atoms with E-state index in [1.54, 1.807) is 12.1 Å². The number of benzene rings is 1. The van der Waals surface area contributed by atoms with E-state index in [1.165, 1.54) is 6.42 Å². The highest BCUT2D eigenvalue weighted by Crippen LogP contribution is 2.38. The van der Waals surface area contributed by atoms with Crippen molar-refractivity contribution in [2.45, 2.75) is 52.2 Å². The monoisotopic (exact) mass is 333 g/mol. The first-order valence-corrected chi connectivity index (χ1v) is 9.08. The van der Waals surface area contributed by atoms with Gasteiger partial charge in [-0.05, 0) is 36.2 Å². The maximum atomic E-state index is 12.8. The summed E-state index contributed by atoms with van der Waals surface area (Å²) < 4.78 is 0. The SMILES string of the molecule is CC(C)[C@@H]1CC[C@@H](C)CC1C(=O)NC(CO)[C@H](O)c1ccccc1. The van der Waals surface area contributed by atoms with Crippen molar-refractivity contribution in [3.8, 4) is 0 Å². The highest BCUT2D eigenvalue weighted by Gasteiger charge is 2.36. The van der Waals surface area contributed by atoms with E-state index in [2.05, 4.69) is 26.1 Å². The van der Waals surface area contributed by atoms with Gasteiger partial charge >= 0.3 is 0 Å². The topological polar surface area (TPSA) is 69.6 Å². The Morgan fingerprint density at radius 3 is 2.50 bits per heavy atom. The maximum Gasteiger partial charge on any atom is 0.223 e. The summed E-state index contributed by atoms with van der Waals surface area (Å²) in [7, 11) is 0. The van der Waals surface area contributed by atoms with Gasteiger partial charge in [0.25, 0.3) is 0 Å². The van der Waals surface area contributed by atoms with Crippen molar-refractivity contribution in [3.05, 3.63) is 35.9 Å². The average Bonchev–Trinajstić information content (AvgIpc) is 2.59. The summed E-state index contributed by atoms with van der Waals surface area (Å²) in [6.45, 7) is 6.25. The largest absolute Gasteiger partial charge is 0.394 e. The molecule has 1 amide bonds. The molecule has 1 aliphatic rings. The maximum absolute atomic E-state index is 12.8. The van der Waals surface area contributed by atoms with Crippen LogP contribution in [0.25, 0.3) is 0 Å². The third-order valence-corrected chi connectivity index (χ3v) is 5.41. The quantitative estimate of drug-likeness (QED) is 0.750. The first-order chi connectivity index (χ1) is 11.4. The van der Waals surface area contributed by atoms with Gasteiger partial charge in [0.05, 0.1) is 12.6 Å². The molecule has 5 atom stereocenters. The molecule has 0 bridgehead atoms. The predicted molar refractivity (Wildman–Crippen MR) is 95.3 cm³/mol. The van der Waals surface area contributed by atoms with Gasteiger partial charge in [0.15, 0.2) is 0 Å². The van der Waals surface area contributed by atoms with Crippen LogP contribution in [0.15, 0.2) is 30.3 Å². The Morgan fingerprint density at radius 1 is 1.25 bits per heavy atom. The van der Waals surface area contributed by atoms with Crippen molar-refractivity contribution in [2.75, 3.05) is 6.61 Å². The Kier molecular flexibility index (Phi) is 6.81. The Bertz CT molecular complexity index is 517. The number of aliphatic hydroxyl groups is 2. The van der Waals surface area contributed by atoms with Gasteiger partial charge in [0.1, 0.15) is 6.10 Å². The second-order valence-corrected chi connectivity index (χ2v) is 7.59. The molecular formula is C20H31NO3. The Morgan fingerprint density at radius 2 is 1.92 bits per heavy atom. The molecule has 1 aliphatic carbocycles. The van der Waals surface area contributed by atoms with E-state index in [0.29, 0.717) is 23.3 Å². The molecule has 4 heteroatoms. The molecule has 0 aliphatic heterocycles. The molecule has 0 spiro atoms. The van der Waals surface area contributed by atoms with E-state index in [0.717, 1.165) is 12.8 Å². The van der Waals surface area contributed by atoms with E-state index < -0.39 is 12.1 Å². The molecule has 3 N–H and O–H groups in total. The van der Waals surface area contributed by atoms with E-state index in [1.807, 2.05) is 18.2 Å². The van der Waals surface area contributed by atoms with Crippen molar-refractivity contribution in [1.82, 2.24) is 5.32 Å². The van der Waals surface area contributed by atoms with Gasteiger partial charge in [-0.15, -0.1) is 0 Å². The standard InChI is InChI=1S/C20H31NO3/c1-13(2)16-10-9-14(3)11-17(16)20(24)21-18(12-22)19(23)15-7-5-4-6-8-15/h4-8,13-14,16-19,22-23H,9-12H2,1-3H3,(H,21,24)/t14-,16+,17?,18?,19-/m1/s1. The van der Waals surface area contributed by atoms with Gasteiger partial charge in [0.2, 0.25) is 5.91 Å². The first kappa shape index (κ1) is 18.9. The van der Waals surface area contributed by atoms with E-state index >= 15 is 0 Å². The fraction of sp³-hybridized carbons (Fsp3) is 0.650. The number of aliphatic hydroxyl groups excluding tert-OH is 2. The molecule has 1 aromatic carbocycles. The van der Waals surface area contributed by atoms with Crippen LogP contribution in [-0.2, 0) is 4.79 Å². The van der Waals surface area contributed by atoms with Crippen LogP contribution in [0.2, 0.25) is 0 Å². The van der Waals surface area contributed by atoms with Gasteiger partial charge in [-0.25, -0.2) is 0 Å². The summed E-state index contributed by atoms with van der Waals surface area (Å²) in [6.07, 6.45) is 2.22. The summed E-state index contributed by atoms with van der Waals surface area (Å²) in [4.78, 5) is 12.8. The van der Waals surface area contributed by atoms with Crippen LogP contribution in [0.4, 0.5) is 0 Å². The third kappa shape index (κ3) is 4.58. The molecule has 2 rings (SSSR count). The number of carbonyl (C=O) groups excluding carboxylic acids is 1. The Labute approximate surface area is 145 Å². The second-order valence-electron chi connectivity index (χ2n) is 7.59. The highest BCUT2D eigenvalue weighted by molar-refractivity contribution is 5.79. The van der Waals surface area contributed by atoms with Gasteiger partial charge in [-0.2, -0.15) is 0 Å². The van der Waals surface area contributed by atoms with Crippen molar-refractivity contribution in [2.24, 2.45) is 23.7 Å². The molecule has 0 saturated heterocycles. The zero-order chi connectivity index (χ0) is 17.7. The molecule has 24 heavy (non-hydrogen) atoms. The normalized spacial score (nSPS) is 26.8. The van der Waals surface area contributed by atoms with Gasteiger partial charge in [-0.3, -0.25) is 4.79 Å². The Hall–Kier alpha value is -1.39. The average molecular weight is 333 g/mol. The summed E-state index contributed by atoms with van der Waals surface area (Å²) >= 11 is 0. The fourth-order valence-electron chi connectivity index (χ4n) is 3.90. The zero-order valence-corrected chi connectivity index (χ0v) is 15.0. The number of rotatable bonds is 6. The van der Waals surface area contributed by atoms with Gasteiger partial charge in [0, 0.05) is 5.92 Å². The number of amides is 1. The van der Waals surface area contributed by atoms with Crippen LogP contribution in [-0.4, -0.2) is 28.8 Å². The van der Waals surface area contributed by atoms with Crippen LogP contribution >= 0.6 is 0 Å². The minimum Gasteiger partial charge on any atom is -0.394 e. The number of hydrogen-bond donors (Lipinski definition) is 3. The van der Waals surface area contributed by atoms with Gasteiger partial charge in [-0.1, -0.05) is 57.5 Å². The molecule has 0 aromatic heterocycles. The van der Waals surface area contributed by atoms with Crippen molar-refractivity contribution < 1.29 is 15.0 Å². The van der Waals surface area contributed by atoms with Crippen molar-refractivity contribution >= 4 is 5.91 Å². The van der Waals surface area contributed by atoms with Crippen LogP contribution < -0.4 is 5.32 Å². The summed E-state index contributed by atoms with van der Waals surface area (Å²) in [6, 6.07) is 8.49. The molecule has 2 unspecified atom stereocenters. The lowest BCUT2D eigenvalue weighted by Crippen LogP contribution is -2.47. The molecule has 134 valence electrons. The van der Waals surface area contributed by atoms with Crippen LogP contribution in [0.3, 0.4) is 0 Å². The highest BCUT2D eigenvalue weighted by atomic mass is 16.3. The third-order valence-electron chi connectivity index (χ3n) is 5.41. The van der Waals surface area contributed by atoms with Crippen LogP contribution in [0, 0.1) is 23.7 Å². The second kappa shape index (κ2) is 8.63.